The number of amides is 1. The van der Waals surface area contributed by atoms with Gasteiger partial charge in [0.25, 0.3) is 5.91 Å². The van der Waals surface area contributed by atoms with Crippen molar-refractivity contribution in [1.29, 1.82) is 0 Å². The van der Waals surface area contributed by atoms with Crippen molar-refractivity contribution in [2.24, 2.45) is 0 Å². The summed E-state index contributed by atoms with van der Waals surface area (Å²) < 4.78 is 24.4. The van der Waals surface area contributed by atoms with Gasteiger partial charge in [-0.3, -0.25) is 4.79 Å². The molecule has 0 bridgehead atoms. The van der Waals surface area contributed by atoms with Crippen molar-refractivity contribution in [3.05, 3.63) is 23.8 Å². The van der Waals surface area contributed by atoms with Crippen LogP contribution in [0.15, 0.2) is 18.2 Å². The van der Waals surface area contributed by atoms with E-state index in [4.69, 9.17) is 11.5 Å². The van der Waals surface area contributed by atoms with Crippen molar-refractivity contribution in [2.75, 3.05) is 35.3 Å². The van der Waals surface area contributed by atoms with Crippen LogP contribution in [0.2, 0.25) is 0 Å². The molecule has 1 heterocycles. The zero-order valence-electron chi connectivity index (χ0n) is 11.8. The highest BCUT2D eigenvalue weighted by Gasteiger charge is 2.36. The van der Waals surface area contributed by atoms with Crippen molar-refractivity contribution in [3.8, 4) is 0 Å². The van der Waals surface area contributed by atoms with Gasteiger partial charge >= 0.3 is 0 Å². The Hall–Kier alpha value is -1.41. The van der Waals surface area contributed by atoms with Crippen molar-refractivity contribution in [1.82, 2.24) is 4.90 Å². The summed E-state index contributed by atoms with van der Waals surface area (Å²) in [6.07, 6.45) is 0. The second kappa shape index (κ2) is 6.15. The fraction of sp³-hybridized carbons (Fsp3) is 0.462. The average molecular weight is 329 g/mol. The number of carbonyl (C=O) groups is 1. The molecule has 1 aliphatic heterocycles. The number of benzene rings is 1. The molecule has 0 aliphatic carbocycles. The third kappa shape index (κ3) is 3.26. The van der Waals surface area contributed by atoms with E-state index in [9.17, 15) is 13.2 Å². The second-order valence-electron chi connectivity index (χ2n) is 4.83. The summed E-state index contributed by atoms with van der Waals surface area (Å²) in [6.45, 7) is 1.99. The molecule has 0 saturated carbocycles. The molecule has 0 spiro atoms. The molecular weight excluding hydrogens is 310 g/mol. The maximum Gasteiger partial charge on any atom is 0.257 e. The van der Waals surface area contributed by atoms with Gasteiger partial charge in [-0.1, -0.05) is 6.92 Å². The van der Waals surface area contributed by atoms with Crippen molar-refractivity contribution < 1.29 is 13.2 Å². The van der Waals surface area contributed by atoms with E-state index in [0.29, 0.717) is 23.5 Å². The molecule has 1 amide bonds. The minimum absolute atomic E-state index is 0.0131. The summed E-state index contributed by atoms with van der Waals surface area (Å²) >= 11 is 1.54. The van der Waals surface area contributed by atoms with Gasteiger partial charge in [0, 0.05) is 35.2 Å². The molecule has 1 unspecified atom stereocenters. The fourth-order valence-corrected chi connectivity index (χ4v) is 5.20. The van der Waals surface area contributed by atoms with Crippen molar-refractivity contribution in [3.63, 3.8) is 0 Å². The van der Waals surface area contributed by atoms with Crippen LogP contribution in [-0.2, 0) is 9.84 Å². The smallest absolute Gasteiger partial charge is 0.257 e. The first-order chi connectivity index (χ1) is 9.86. The monoisotopic (exact) mass is 329 g/mol. The van der Waals surface area contributed by atoms with Crippen LogP contribution in [0.25, 0.3) is 0 Å². The largest absolute Gasteiger partial charge is 0.399 e. The number of rotatable bonds is 3. The molecule has 1 saturated heterocycles. The molecule has 116 valence electrons. The normalized spacial score (nSPS) is 19.5. The van der Waals surface area contributed by atoms with Crippen LogP contribution in [0.4, 0.5) is 11.4 Å². The van der Waals surface area contributed by atoms with E-state index >= 15 is 0 Å². The zero-order chi connectivity index (χ0) is 15.6. The lowest BCUT2D eigenvalue weighted by molar-refractivity contribution is 0.0750. The Kier molecular flexibility index (Phi) is 4.67. The molecule has 1 aliphatic rings. The van der Waals surface area contributed by atoms with Gasteiger partial charge in [-0.25, -0.2) is 8.42 Å². The summed E-state index contributed by atoms with van der Waals surface area (Å²) in [6, 6.07) is 4.64. The van der Waals surface area contributed by atoms with E-state index < -0.39 is 15.2 Å². The Morgan fingerprint density at radius 3 is 2.76 bits per heavy atom. The Bertz CT molecular complexity index is 646. The molecular formula is C13H19N3O3S2. The van der Waals surface area contributed by atoms with Crippen LogP contribution < -0.4 is 11.5 Å². The lowest BCUT2D eigenvalue weighted by Crippen LogP contribution is -2.50. The maximum absolute atomic E-state index is 12.6. The van der Waals surface area contributed by atoms with E-state index in [0.717, 1.165) is 5.75 Å². The first-order valence-corrected chi connectivity index (χ1v) is 9.49. The predicted molar refractivity (Wildman–Crippen MR) is 86.9 cm³/mol. The summed E-state index contributed by atoms with van der Waals surface area (Å²) in [5, 5.41) is -0.786. The average Bonchev–Trinajstić information content (AvgIpc) is 2.46. The molecule has 1 atom stereocenters. The van der Waals surface area contributed by atoms with Gasteiger partial charge in [-0.2, -0.15) is 11.8 Å². The summed E-state index contributed by atoms with van der Waals surface area (Å²) in [5.41, 5.74) is 12.5. The standard InChI is InChI=1S/C13H19N3O3S2/c1-2-21(18,19)12-8-20-6-5-16(12)13(17)10-4-3-9(14)7-11(10)15/h3-4,7,12H,2,5-6,8,14-15H2,1H3. The molecule has 1 fully saturated rings. The highest BCUT2D eigenvalue weighted by atomic mass is 32.2. The van der Waals surface area contributed by atoms with Gasteiger partial charge in [-0.15, -0.1) is 0 Å². The van der Waals surface area contributed by atoms with E-state index in [1.165, 1.54) is 11.0 Å². The van der Waals surface area contributed by atoms with Gasteiger partial charge in [0.05, 0.1) is 5.56 Å². The van der Waals surface area contributed by atoms with Gasteiger partial charge in [0.1, 0.15) is 5.37 Å². The van der Waals surface area contributed by atoms with E-state index in [1.807, 2.05) is 0 Å². The number of hydrogen-bond acceptors (Lipinski definition) is 6. The van der Waals surface area contributed by atoms with Crippen LogP contribution in [0.5, 0.6) is 0 Å². The van der Waals surface area contributed by atoms with Crippen LogP contribution >= 0.6 is 11.8 Å². The first-order valence-electron chi connectivity index (χ1n) is 6.62. The first kappa shape index (κ1) is 16.0. The number of anilines is 2. The van der Waals surface area contributed by atoms with Crippen LogP contribution in [0.3, 0.4) is 0 Å². The quantitative estimate of drug-likeness (QED) is 0.795. The Balaban J connectivity index is 2.35. The summed E-state index contributed by atoms with van der Waals surface area (Å²) in [7, 11) is -3.33. The molecule has 1 aromatic rings. The molecule has 6 nitrogen and oxygen atoms in total. The number of carbonyl (C=O) groups excluding carboxylic acids is 1. The van der Waals surface area contributed by atoms with Gasteiger partial charge in [0.15, 0.2) is 9.84 Å². The topological polar surface area (TPSA) is 106 Å². The molecule has 0 radical (unpaired) electrons. The number of sulfone groups is 1. The number of hydrogen-bond donors (Lipinski definition) is 2. The third-order valence-corrected chi connectivity index (χ3v) is 6.76. The molecule has 2 rings (SSSR count). The molecule has 0 aromatic heterocycles. The van der Waals surface area contributed by atoms with E-state index in [1.54, 1.807) is 30.8 Å². The maximum atomic E-state index is 12.6. The number of nitrogens with zero attached hydrogens (tertiary/aromatic N) is 1. The summed E-state index contributed by atoms with van der Waals surface area (Å²) in [5.74, 6) is 0.779. The molecule has 21 heavy (non-hydrogen) atoms. The minimum Gasteiger partial charge on any atom is -0.399 e. The van der Waals surface area contributed by atoms with Crippen LogP contribution in [-0.4, -0.2) is 48.4 Å². The molecule has 4 N–H and O–H groups in total. The van der Waals surface area contributed by atoms with Gasteiger partial charge < -0.3 is 16.4 Å². The van der Waals surface area contributed by atoms with Gasteiger partial charge in [0.2, 0.25) is 0 Å². The van der Waals surface area contributed by atoms with Gasteiger partial charge in [-0.05, 0) is 18.2 Å². The van der Waals surface area contributed by atoms with E-state index in [-0.39, 0.29) is 17.3 Å². The minimum atomic E-state index is -3.33. The Morgan fingerprint density at radius 2 is 2.14 bits per heavy atom. The zero-order valence-corrected chi connectivity index (χ0v) is 13.4. The third-order valence-electron chi connectivity index (χ3n) is 3.47. The lowest BCUT2D eigenvalue weighted by Gasteiger charge is -2.35. The SMILES string of the molecule is CCS(=O)(=O)C1CSCCN1C(=O)c1ccc(N)cc1N. The second-order valence-corrected chi connectivity index (χ2v) is 8.42. The van der Waals surface area contributed by atoms with Crippen molar-refractivity contribution in [2.45, 2.75) is 12.3 Å². The highest BCUT2D eigenvalue weighted by Crippen LogP contribution is 2.25. The van der Waals surface area contributed by atoms with Crippen LogP contribution in [0, 0.1) is 0 Å². The van der Waals surface area contributed by atoms with E-state index in [2.05, 4.69) is 0 Å². The predicted octanol–water partition coefficient (Wildman–Crippen LogP) is 0.801. The highest BCUT2D eigenvalue weighted by molar-refractivity contribution is 8.01. The number of nitrogen functional groups attached to an aromatic ring is 2. The molecule has 1 aromatic carbocycles. The Labute approximate surface area is 128 Å². The summed E-state index contributed by atoms with van der Waals surface area (Å²) in [4.78, 5) is 14.1. The van der Waals surface area contributed by atoms with Crippen LogP contribution in [0.1, 0.15) is 17.3 Å². The fourth-order valence-electron chi connectivity index (χ4n) is 2.23. The number of thioether (sulfide) groups is 1. The molecule has 8 heteroatoms. The number of nitrogens with two attached hydrogens (primary N) is 2. The Morgan fingerprint density at radius 1 is 1.43 bits per heavy atom. The van der Waals surface area contributed by atoms with Crippen molar-refractivity contribution >= 4 is 38.9 Å². The lowest BCUT2D eigenvalue weighted by atomic mass is 10.1.